The van der Waals surface area contributed by atoms with E-state index in [4.69, 9.17) is 4.74 Å². The van der Waals surface area contributed by atoms with Gasteiger partial charge in [-0.1, -0.05) is 12.2 Å². The standard InChI is InChI=1S/C11H17NO2/c1-8(13)11-9-5-3-4-6-10(12(11)2)14-7-9/h3-4,9-11H,5-7H2,1-2H3. The zero-order valence-corrected chi connectivity index (χ0v) is 8.77. The van der Waals surface area contributed by atoms with Crippen molar-refractivity contribution >= 4 is 5.78 Å². The molecule has 3 atom stereocenters. The summed E-state index contributed by atoms with van der Waals surface area (Å²) < 4.78 is 5.70. The third kappa shape index (κ3) is 1.62. The first kappa shape index (κ1) is 9.87. The minimum absolute atomic E-state index is 0.0544. The molecule has 3 heterocycles. The minimum atomic E-state index is 0.0544. The lowest BCUT2D eigenvalue weighted by molar-refractivity contribution is -0.156. The van der Waals surface area contributed by atoms with Crippen molar-refractivity contribution in [3.05, 3.63) is 12.2 Å². The summed E-state index contributed by atoms with van der Waals surface area (Å²) in [6.45, 7) is 2.41. The molecule has 0 amide bonds. The van der Waals surface area contributed by atoms with Gasteiger partial charge >= 0.3 is 0 Å². The van der Waals surface area contributed by atoms with Crippen LogP contribution in [-0.4, -0.2) is 36.6 Å². The monoisotopic (exact) mass is 195 g/mol. The van der Waals surface area contributed by atoms with Crippen molar-refractivity contribution in [1.82, 2.24) is 4.90 Å². The highest BCUT2D eigenvalue weighted by molar-refractivity contribution is 5.82. The number of rotatable bonds is 1. The number of hydrogen-bond acceptors (Lipinski definition) is 3. The van der Waals surface area contributed by atoms with Crippen LogP contribution in [0.15, 0.2) is 12.2 Å². The van der Waals surface area contributed by atoms with Crippen LogP contribution < -0.4 is 0 Å². The lowest BCUT2D eigenvalue weighted by atomic mass is 9.89. The van der Waals surface area contributed by atoms with Crippen molar-refractivity contribution in [1.29, 1.82) is 0 Å². The van der Waals surface area contributed by atoms with Gasteiger partial charge in [0.2, 0.25) is 0 Å². The number of ketones is 1. The van der Waals surface area contributed by atoms with Crippen LogP contribution in [0.5, 0.6) is 0 Å². The Bertz CT molecular complexity index is 262. The van der Waals surface area contributed by atoms with Gasteiger partial charge in [0, 0.05) is 12.3 Å². The predicted molar refractivity (Wildman–Crippen MR) is 53.8 cm³/mol. The summed E-state index contributed by atoms with van der Waals surface area (Å²) in [6.07, 6.45) is 6.29. The molecule has 3 rings (SSSR count). The van der Waals surface area contributed by atoms with Crippen molar-refractivity contribution in [2.75, 3.05) is 13.7 Å². The molecule has 0 radical (unpaired) electrons. The first-order chi connectivity index (χ1) is 6.70. The Balaban J connectivity index is 2.25. The van der Waals surface area contributed by atoms with E-state index in [2.05, 4.69) is 17.1 Å². The molecular weight excluding hydrogens is 178 g/mol. The molecule has 0 N–H and O–H groups in total. The fraction of sp³-hybridized carbons (Fsp3) is 0.727. The lowest BCUT2D eigenvalue weighted by Gasteiger charge is -2.43. The van der Waals surface area contributed by atoms with Crippen LogP contribution in [0.1, 0.15) is 19.8 Å². The molecule has 0 saturated carbocycles. The number of ether oxygens (including phenoxy) is 1. The summed E-state index contributed by atoms with van der Waals surface area (Å²) in [7, 11) is 1.99. The van der Waals surface area contributed by atoms with E-state index in [0.717, 1.165) is 19.4 Å². The fourth-order valence-electron chi connectivity index (χ4n) is 2.49. The Morgan fingerprint density at radius 2 is 2.14 bits per heavy atom. The Morgan fingerprint density at radius 3 is 2.86 bits per heavy atom. The van der Waals surface area contributed by atoms with Gasteiger partial charge in [-0.25, -0.2) is 0 Å². The van der Waals surface area contributed by atoms with Crippen LogP contribution in [0.3, 0.4) is 0 Å². The molecule has 78 valence electrons. The largest absolute Gasteiger partial charge is 0.362 e. The molecule has 1 fully saturated rings. The average Bonchev–Trinajstić information content (AvgIpc) is 2.06. The summed E-state index contributed by atoms with van der Waals surface area (Å²) in [6, 6.07) is 0.0544. The maximum absolute atomic E-state index is 11.5. The first-order valence-electron chi connectivity index (χ1n) is 5.19. The third-order valence-corrected chi connectivity index (χ3v) is 3.20. The second-order valence-electron chi connectivity index (χ2n) is 4.21. The Labute approximate surface area is 84.7 Å². The van der Waals surface area contributed by atoms with Crippen molar-refractivity contribution in [3.8, 4) is 0 Å². The number of nitrogens with zero attached hydrogens (tertiary/aromatic N) is 1. The molecule has 0 aliphatic carbocycles. The molecule has 3 heteroatoms. The quantitative estimate of drug-likeness (QED) is 0.589. The molecule has 0 aromatic rings. The smallest absolute Gasteiger partial charge is 0.147 e. The Hall–Kier alpha value is -0.670. The van der Waals surface area contributed by atoms with E-state index in [-0.39, 0.29) is 18.1 Å². The molecule has 0 aromatic heterocycles. The number of allylic oxidation sites excluding steroid dienone is 1. The highest BCUT2D eigenvalue weighted by Gasteiger charge is 2.38. The molecule has 3 aliphatic rings. The van der Waals surface area contributed by atoms with Crippen LogP contribution in [0.25, 0.3) is 0 Å². The van der Waals surface area contributed by atoms with E-state index in [1.807, 2.05) is 7.05 Å². The molecule has 3 unspecified atom stereocenters. The van der Waals surface area contributed by atoms with Gasteiger partial charge in [-0.2, -0.15) is 0 Å². The van der Waals surface area contributed by atoms with E-state index < -0.39 is 0 Å². The van der Waals surface area contributed by atoms with E-state index in [0.29, 0.717) is 5.92 Å². The third-order valence-electron chi connectivity index (χ3n) is 3.20. The van der Waals surface area contributed by atoms with Crippen LogP contribution in [0.2, 0.25) is 0 Å². The highest BCUT2D eigenvalue weighted by Crippen LogP contribution is 2.28. The van der Waals surface area contributed by atoms with Crippen molar-refractivity contribution in [2.45, 2.75) is 32.0 Å². The lowest BCUT2D eigenvalue weighted by Crippen LogP contribution is -2.55. The van der Waals surface area contributed by atoms with Crippen LogP contribution in [0, 0.1) is 5.92 Å². The maximum Gasteiger partial charge on any atom is 0.147 e. The Morgan fingerprint density at radius 1 is 1.43 bits per heavy atom. The summed E-state index contributed by atoms with van der Waals surface area (Å²) in [5, 5.41) is 0. The average molecular weight is 195 g/mol. The number of carbonyl (C=O) groups is 1. The molecule has 0 aromatic carbocycles. The van der Waals surface area contributed by atoms with Gasteiger partial charge in [-0.15, -0.1) is 0 Å². The minimum Gasteiger partial charge on any atom is -0.362 e. The summed E-state index contributed by atoms with van der Waals surface area (Å²) in [5.41, 5.74) is 0. The maximum atomic E-state index is 11.5. The van der Waals surface area contributed by atoms with E-state index in [9.17, 15) is 4.79 Å². The van der Waals surface area contributed by atoms with E-state index in [1.165, 1.54) is 0 Å². The Kier molecular flexibility index (Phi) is 2.70. The summed E-state index contributed by atoms with van der Waals surface area (Å²) in [4.78, 5) is 13.6. The van der Waals surface area contributed by atoms with E-state index >= 15 is 0 Å². The number of carbonyl (C=O) groups excluding carboxylic acids is 1. The van der Waals surface area contributed by atoms with E-state index in [1.54, 1.807) is 6.92 Å². The summed E-state index contributed by atoms with van der Waals surface area (Å²) in [5.74, 6) is 0.603. The van der Waals surface area contributed by atoms with Crippen LogP contribution >= 0.6 is 0 Å². The van der Waals surface area contributed by atoms with Crippen molar-refractivity contribution < 1.29 is 9.53 Å². The van der Waals surface area contributed by atoms with Gasteiger partial charge in [0.25, 0.3) is 0 Å². The molecule has 3 nitrogen and oxygen atoms in total. The number of Topliss-reactive ketones (excluding diaryl/α,β-unsaturated/α-hetero) is 1. The SMILES string of the molecule is CC(=O)C1C2CC=CCC(OC2)N1C. The number of fused-ring (bicyclic) bond motifs is 4. The predicted octanol–water partition coefficient (Wildman–Crippen LogP) is 1.20. The van der Waals surface area contributed by atoms with Gasteiger partial charge in [0.15, 0.2) is 0 Å². The highest BCUT2D eigenvalue weighted by atomic mass is 16.5. The number of likely N-dealkylation sites (N-methyl/N-ethyl adjacent to an activating group) is 1. The second-order valence-corrected chi connectivity index (χ2v) is 4.21. The zero-order chi connectivity index (χ0) is 10.1. The first-order valence-corrected chi connectivity index (χ1v) is 5.19. The van der Waals surface area contributed by atoms with Crippen LogP contribution in [0.4, 0.5) is 0 Å². The van der Waals surface area contributed by atoms with Gasteiger partial charge in [0.1, 0.15) is 12.0 Å². The van der Waals surface area contributed by atoms with Crippen molar-refractivity contribution in [2.24, 2.45) is 5.92 Å². The zero-order valence-electron chi connectivity index (χ0n) is 8.77. The molecular formula is C11H17NO2. The van der Waals surface area contributed by atoms with Crippen molar-refractivity contribution in [3.63, 3.8) is 0 Å². The second kappa shape index (κ2) is 3.83. The fourth-order valence-corrected chi connectivity index (χ4v) is 2.49. The van der Waals surface area contributed by atoms with Gasteiger partial charge < -0.3 is 4.74 Å². The molecule has 2 bridgehead atoms. The molecule has 14 heavy (non-hydrogen) atoms. The molecule has 3 aliphatic heterocycles. The van der Waals surface area contributed by atoms with Gasteiger partial charge in [0.05, 0.1) is 12.6 Å². The number of hydrogen-bond donors (Lipinski definition) is 0. The van der Waals surface area contributed by atoms with Gasteiger partial charge in [-0.05, 0) is 20.4 Å². The molecule has 0 spiro atoms. The van der Waals surface area contributed by atoms with Crippen LogP contribution in [-0.2, 0) is 9.53 Å². The normalized spacial score (nSPS) is 38.0. The summed E-state index contributed by atoms with van der Waals surface area (Å²) >= 11 is 0. The van der Waals surface area contributed by atoms with Gasteiger partial charge in [-0.3, -0.25) is 9.69 Å². The topological polar surface area (TPSA) is 29.5 Å². The molecule has 1 saturated heterocycles.